The van der Waals surface area contributed by atoms with Gasteiger partial charge in [-0.15, -0.1) is 5.10 Å². The van der Waals surface area contributed by atoms with Crippen molar-refractivity contribution in [1.29, 1.82) is 0 Å². The van der Waals surface area contributed by atoms with Gasteiger partial charge in [0.15, 0.2) is 5.65 Å². The first-order valence-corrected chi connectivity index (χ1v) is 8.49. The topological polar surface area (TPSA) is 107 Å². The molecule has 2 aromatic heterocycles. The second kappa shape index (κ2) is 4.52. The van der Waals surface area contributed by atoms with Crippen LogP contribution in [0.4, 0.5) is 0 Å². The minimum absolute atomic E-state index is 0.0329. The number of carbonyl (C=O) groups excluding carboxylic acids is 1. The predicted molar refractivity (Wildman–Crippen MR) is 76.7 cm³/mol. The summed E-state index contributed by atoms with van der Waals surface area (Å²) in [5, 5.41) is 4.15. The molecule has 1 fully saturated rings. The molecule has 0 radical (unpaired) electrons. The zero-order valence-electron chi connectivity index (χ0n) is 11.6. The second-order valence-corrected chi connectivity index (χ2v) is 8.00. The molecule has 2 aromatic rings. The van der Waals surface area contributed by atoms with Crippen molar-refractivity contribution in [2.24, 2.45) is 5.73 Å². The summed E-state index contributed by atoms with van der Waals surface area (Å²) in [5.41, 5.74) is 6.30. The van der Waals surface area contributed by atoms with Gasteiger partial charge >= 0.3 is 0 Å². The van der Waals surface area contributed by atoms with Gasteiger partial charge in [0.05, 0.1) is 17.2 Å². The number of pyridine rings is 1. The Kier molecular flexibility index (Phi) is 3.01. The van der Waals surface area contributed by atoms with E-state index in [0.717, 1.165) is 5.69 Å². The van der Waals surface area contributed by atoms with Crippen molar-refractivity contribution in [3.05, 3.63) is 29.7 Å². The minimum atomic E-state index is -2.94. The van der Waals surface area contributed by atoms with Crippen molar-refractivity contribution >= 4 is 21.4 Å². The summed E-state index contributed by atoms with van der Waals surface area (Å²) in [6.07, 6.45) is 1.06. The van der Waals surface area contributed by atoms with Gasteiger partial charge < -0.3 is 5.73 Å². The molecular formula is C13H16N4O3S. The number of sulfone groups is 1. The molecule has 7 nitrogen and oxygen atoms in total. The quantitative estimate of drug-likeness (QED) is 0.858. The van der Waals surface area contributed by atoms with Gasteiger partial charge in [-0.25, -0.2) is 17.9 Å². The Morgan fingerprint density at radius 2 is 2.00 bits per heavy atom. The minimum Gasteiger partial charge on any atom is -0.363 e. The average molecular weight is 308 g/mol. The number of fused-ring (bicyclic) bond motifs is 1. The van der Waals surface area contributed by atoms with Gasteiger partial charge in [0, 0.05) is 5.41 Å². The lowest BCUT2D eigenvalue weighted by Crippen LogP contribution is -2.36. The van der Waals surface area contributed by atoms with Gasteiger partial charge in [0.1, 0.15) is 9.84 Å². The number of amides is 1. The zero-order valence-corrected chi connectivity index (χ0v) is 12.4. The number of rotatable bonds is 2. The van der Waals surface area contributed by atoms with Gasteiger partial charge in [-0.3, -0.25) is 4.79 Å². The van der Waals surface area contributed by atoms with Gasteiger partial charge in [-0.1, -0.05) is 13.0 Å². The molecule has 1 aliphatic heterocycles. The van der Waals surface area contributed by atoms with Crippen molar-refractivity contribution in [1.82, 2.24) is 14.6 Å². The maximum absolute atomic E-state index is 11.6. The molecule has 0 bridgehead atoms. The van der Waals surface area contributed by atoms with E-state index in [1.807, 2.05) is 19.1 Å². The predicted octanol–water partition coefficient (Wildman–Crippen LogP) is 0.295. The van der Waals surface area contributed by atoms with Crippen LogP contribution in [0.3, 0.4) is 0 Å². The molecule has 0 saturated carbocycles. The molecule has 1 saturated heterocycles. The van der Waals surface area contributed by atoms with Crippen LogP contribution in [0.5, 0.6) is 0 Å². The summed E-state index contributed by atoms with van der Waals surface area (Å²) in [6.45, 7) is 2.02. The monoisotopic (exact) mass is 308 g/mol. The number of hydrogen-bond donors (Lipinski definition) is 1. The van der Waals surface area contributed by atoms with E-state index in [2.05, 4.69) is 10.1 Å². The Balaban J connectivity index is 2.10. The zero-order chi connectivity index (χ0) is 15.3. The van der Waals surface area contributed by atoms with Crippen LogP contribution in [0.25, 0.3) is 5.65 Å². The Morgan fingerprint density at radius 1 is 1.33 bits per heavy atom. The number of nitrogens with two attached hydrogens (primary N) is 1. The van der Waals surface area contributed by atoms with Gasteiger partial charge in [0.2, 0.25) is 5.82 Å². The standard InChI is InChI=1S/C13H16N4O3S/c1-13(5-7-21(19,20)8-6-13)9-3-2-4-10-15-12(11(14)18)16-17(9)10/h2-4H,5-8H2,1H3,(H2,14,18). The summed E-state index contributed by atoms with van der Waals surface area (Å²) in [4.78, 5) is 15.3. The van der Waals surface area contributed by atoms with Crippen LogP contribution in [0.1, 0.15) is 36.1 Å². The number of primary amides is 1. The van der Waals surface area contributed by atoms with Crippen molar-refractivity contribution in [3.8, 4) is 0 Å². The van der Waals surface area contributed by atoms with Crippen LogP contribution in [-0.4, -0.2) is 40.4 Å². The number of nitrogens with zero attached hydrogens (tertiary/aromatic N) is 3. The normalized spacial score (nSPS) is 20.4. The summed E-state index contributed by atoms with van der Waals surface area (Å²) < 4.78 is 24.9. The van der Waals surface area contributed by atoms with Gasteiger partial charge in [-0.2, -0.15) is 0 Å². The maximum atomic E-state index is 11.6. The highest BCUT2D eigenvalue weighted by atomic mass is 32.2. The molecule has 0 aliphatic carbocycles. The highest BCUT2D eigenvalue weighted by molar-refractivity contribution is 7.91. The lowest BCUT2D eigenvalue weighted by molar-refractivity contribution is 0.0990. The fourth-order valence-electron chi connectivity index (χ4n) is 2.71. The van der Waals surface area contributed by atoms with Crippen molar-refractivity contribution < 1.29 is 13.2 Å². The van der Waals surface area contributed by atoms with E-state index in [-0.39, 0.29) is 22.7 Å². The van der Waals surface area contributed by atoms with E-state index in [4.69, 9.17) is 5.73 Å². The highest BCUT2D eigenvalue weighted by Gasteiger charge is 2.36. The molecule has 0 spiro atoms. The maximum Gasteiger partial charge on any atom is 0.288 e. The average Bonchev–Trinajstić information content (AvgIpc) is 2.86. The molecule has 2 N–H and O–H groups in total. The molecule has 0 atom stereocenters. The molecule has 21 heavy (non-hydrogen) atoms. The largest absolute Gasteiger partial charge is 0.363 e. The second-order valence-electron chi connectivity index (χ2n) is 5.69. The third-order valence-electron chi connectivity index (χ3n) is 4.13. The summed E-state index contributed by atoms with van der Waals surface area (Å²) >= 11 is 0. The third-order valence-corrected chi connectivity index (χ3v) is 5.78. The van der Waals surface area contributed by atoms with E-state index in [1.54, 1.807) is 10.6 Å². The molecule has 3 rings (SSSR count). The smallest absolute Gasteiger partial charge is 0.288 e. The SMILES string of the molecule is CC1(c2cccc3nc(C(N)=O)nn23)CCS(=O)(=O)CC1. The summed E-state index contributed by atoms with van der Waals surface area (Å²) in [6, 6.07) is 5.47. The molecule has 112 valence electrons. The first-order chi connectivity index (χ1) is 9.81. The van der Waals surface area contributed by atoms with Crippen LogP contribution in [0.2, 0.25) is 0 Å². The fourth-order valence-corrected chi connectivity index (χ4v) is 4.44. The first-order valence-electron chi connectivity index (χ1n) is 6.67. The molecule has 0 aromatic carbocycles. The lowest BCUT2D eigenvalue weighted by atomic mass is 9.80. The van der Waals surface area contributed by atoms with Crippen LogP contribution in [-0.2, 0) is 15.3 Å². The highest BCUT2D eigenvalue weighted by Crippen LogP contribution is 2.35. The summed E-state index contributed by atoms with van der Waals surface area (Å²) in [5.74, 6) is -0.385. The van der Waals surface area contributed by atoms with Crippen LogP contribution < -0.4 is 5.73 Å². The van der Waals surface area contributed by atoms with Crippen LogP contribution in [0.15, 0.2) is 18.2 Å². The lowest BCUT2D eigenvalue weighted by Gasteiger charge is -2.33. The van der Waals surface area contributed by atoms with Crippen molar-refractivity contribution in [2.75, 3.05) is 11.5 Å². The van der Waals surface area contributed by atoms with E-state index in [9.17, 15) is 13.2 Å². The van der Waals surface area contributed by atoms with E-state index >= 15 is 0 Å². The van der Waals surface area contributed by atoms with E-state index in [1.165, 1.54) is 0 Å². The third kappa shape index (κ3) is 2.39. The molecule has 1 aliphatic rings. The molecule has 0 unspecified atom stereocenters. The van der Waals surface area contributed by atoms with Crippen LogP contribution >= 0.6 is 0 Å². The molecule has 3 heterocycles. The Labute approximate surface area is 122 Å². The van der Waals surface area contributed by atoms with Crippen molar-refractivity contribution in [3.63, 3.8) is 0 Å². The van der Waals surface area contributed by atoms with E-state index in [0.29, 0.717) is 18.5 Å². The molecule has 8 heteroatoms. The van der Waals surface area contributed by atoms with Crippen LogP contribution in [0, 0.1) is 0 Å². The number of aromatic nitrogens is 3. The number of hydrogen-bond acceptors (Lipinski definition) is 5. The number of carbonyl (C=O) groups is 1. The Morgan fingerprint density at radius 3 is 2.62 bits per heavy atom. The first kappa shape index (κ1) is 14.0. The fraction of sp³-hybridized carbons (Fsp3) is 0.462. The van der Waals surface area contributed by atoms with E-state index < -0.39 is 15.7 Å². The Hall–Kier alpha value is -1.96. The van der Waals surface area contributed by atoms with Gasteiger partial charge in [-0.05, 0) is 25.0 Å². The molecule has 1 amide bonds. The van der Waals surface area contributed by atoms with Crippen molar-refractivity contribution in [2.45, 2.75) is 25.2 Å². The van der Waals surface area contributed by atoms with Gasteiger partial charge in [0.25, 0.3) is 5.91 Å². The Bertz CT molecular complexity index is 811. The summed E-state index contributed by atoms with van der Waals surface area (Å²) in [7, 11) is -2.94. The molecular weight excluding hydrogens is 292 g/mol.